The average molecular weight is 342 g/mol. The van der Waals surface area contributed by atoms with Gasteiger partial charge in [-0.25, -0.2) is 9.78 Å². The van der Waals surface area contributed by atoms with Gasteiger partial charge in [0.1, 0.15) is 6.61 Å². The summed E-state index contributed by atoms with van der Waals surface area (Å²) < 4.78 is 11.7. The maximum Gasteiger partial charge on any atom is 0.407 e. The number of aromatic nitrogens is 1. The number of hydrogen-bond donors (Lipinski definition) is 1. The van der Waals surface area contributed by atoms with Crippen LogP contribution in [0.1, 0.15) is 18.4 Å². The Bertz CT molecular complexity index is 693. The van der Waals surface area contributed by atoms with Gasteiger partial charge in [-0.3, -0.25) is 0 Å². The van der Waals surface area contributed by atoms with E-state index in [4.69, 9.17) is 14.6 Å². The van der Waals surface area contributed by atoms with Crippen LogP contribution in [0.15, 0.2) is 48.7 Å². The number of piperidine rings is 1. The maximum absolute atomic E-state index is 11.1. The lowest BCUT2D eigenvalue weighted by atomic mass is 9.99. The topological polar surface area (TPSA) is 71.9 Å². The number of benzene rings is 1. The van der Waals surface area contributed by atoms with Crippen molar-refractivity contribution < 1.29 is 19.4 Å². The second-order valence-electron chi connectivity index (χ2n) is 6.13. The predicted octanol–water partition coefficient (Wildman–Crippen LogP) is 3.43. The van der Waals surface area contributed by atoms with E-state index < -0.39 is 6.09 Å². The van der Waals surface area contributed by atoms with Crippen molar-refractivity contribution >= 4 is 6.09 Å². The quantitative estimate of drug-likeness (QED) is 0.871. The van der Waals surface area contributed by atoms with E-state index in [-0.39, 0.29) is 5.92 Å². The van der Waals surface area contributed by atoms with E-state index in [1.54, 1.807) is 12.3 Å². The molecule has 6 heteroatoms. The zero-order chi connectivity index (χ0) is 17.5. The molecule has 2 aromatic rings. The summed E-state index contributed by atoms with van der Waals surface area (Å²) >= 11 is 0. The largest absolute Gasteiger partial charge is 0.488 e. The first-order valence-electron chi connectivity index (χ1n) is 8.45. The molecule has 6 nitrogen and oxygen atoms in total. The minimum absolute atomic E-state index is 0.187. The number of hydrogen-bond acceptors (Lipinski definition) is 4. The van der Waals surface area contributed by atoms with Gasteiger partial charge >= 0.3 is 6.09 Å². The van der Waals surface area contributed by atoms with Gasteiger partial charge in [0.2, 0.25) is 0 Å². The Labute approximate surface area is 147 Å². The summed E-state index contributed by atoms with van der Waals surface area (Å²) in [5, 5.41) is 9.12. The molecule has 132 valence electrons. The number of likely N-dealkylation sites (tertiary alicyclic amines) is 1. The van der Waals surface area contributed by atoms with Crippen LogP contribution in [0.25, 0.3) is 0 Å². The highest BCUT2D eigenvalue weighted by Crippen LogP contribution is 2.26. The molecule has 1 aromatic carbocycles. The minimum atomic E-state index is -0.863. The third-order valence-electron chi connectivity index (χ3n) is 4.22. The molecule has 3 rings (SSSR count). The molecule has 1 atom stereocenters. The second kappa shape index (κ2) is 8.37. The highest BCUT2D eigenvalue weighted by Gasteiger charge is 2.24. The molecule has 1 unspecified atom stereocenters. The summed E-state index contributed by atoms with van der Waals surface area (Å²) in [5.74, 6) is 1.23. The fourth-order valence-corrected chi connectivity index (χ4v) is 2.90. The van der Waals surface area contributed by atoms with Crippen molar-refractivity contribution in [1.29, 1.82) is 0 Å². The van der Waals surface area contributed by atoms with Crippen LogP contribution in [0.5, 0.6) is 11.6 Å². The first-order chi connectivity index (χ1) is 12.2. The van der Waals surface area contributed by atoms with Crippen LogP contribution in [0, 0.1) is 5.92 Å². The number of nitrogens with zero attached hydrogens (tertiary/aromatic N) is 2. The van der Waals surface area contributed by atoms with Crippen LogP contribution in [-0.2, 0) is 6.61 Å². The van der Waals surface area contributed by atoms with Crippen molar-refractivity contribution in [1.82, 2.24) is 9.88 Å². The fraction of sp³-hybridized carbons (Fsp3) is 0.368. The molecule has 1 aliphatic heterocycles. The number of rotatable bonds is 6. The summed E-state index contributed by atoms with van der Waals surface area (Å²) in [4.78, 5) is 16.8. The Morgan fingerprint density at radius 1 is 1.20 bits per heavy atom. The lowest BCUT2D eigenvalue weighted by molar-refractivity contribution is 0.103. The standard InChI is InChI=1S/C19H22N2O4/c22-19(23)21-11-5-8-16(12-21)14-24-17-9-4-10-20-18(17)25-13-15-6-2-1-3-7-15/h1-4,6-7,9-10,16H,5,8,11-14H2,(H,22,23). The van der Waals surface area contributed by atoms with Gasteiger partial charge in [-0.2, -0.15) is 0 Å². The third-order valence-corrected chi connectivity index (χ3v) is 4.22. The smallest absolute Gasteiger partial charge is 0.407 e. The van der Waals surface area contributed by atoms with Gasteiger partial charge in [0, 0.05) is 25.2 Å². The SMILES string of the molecule is O=C(O)N1CCCC(COc2cccnc2OCc2ccccc2)C1. The molecule has 1 N–H and O–H groups in total. The van der Waals surface area contributed by atoms with Crippen LogP contribution in [0.3, 0.4) is 0 Å². The van der Waals surface area contributed by atoms with Crippen LogP contribution < -0.4 is 9.47 Å². The van der Waals surface area contributed by atoms with Crippen molar-refractivity contribution in [2.75, 3.05) is 19.7 Å². The second-order valence-corrected chi connectivity index (χ2v) is 6.13. The lowest BCUT2D eigenvalue weighted by Crippen LogP contribution is -2.40. The molecule has 1 saturated heterocycles. The van der Waals surface area contributed by atoms with Gasteiger partial charge in [-0.15, -0.1) is 0 Å². The number of amides is 1. The van der Waals surface area contributed by atoms with Gasteiger partial charge in [0.15, 0.2) is 5.75 Å². The number of carboxylic acid groups (broad SMARTS) is 1. The highest BCUT2D eigenvalue weighted by molar-refractivity contribution is 5.65. The molecular weight excluding hydrogens is 320 g/mol. The van der Waals surface area contributed by atoms with Crippen LogP contribution in [0.2, 0.25) is 0 Å². The molecule has 2 heterocycles. The normalized spacial score (nSPS) is 17.1. The van der Waals surface area contributed by atoms with E-state index in [1.807, 2.05) is 36.4 Å². The van der Waals surface area contributed by atoms with Crippen molar-refractivity contribution in [3.05, 3.63) is 54.2 Å². The van der Waals surface area contributed by atoms with Gasteiger partial charge in [-0.1, -0.05) is 30.3 Å². The molecule has 0 bridgehead atoms. The molecule has 0 saturated carbocycles. The lowest BCUT2D eigenvalue weighted by Gasteiger charge is -2.30. The molecule has 1 fully saturated rings. The Balaban J connectivity index is 1.56. The summed E-state index contributed by atoms with van der Waals surface area (Å²) in [6.45, 7) is 1.99. The van der Waals surface area contributed by atoms with E-state index in [0.717, 1.165) is 18.4 Å². The first-order valence-corrected chi connectivity index (χ1v) is 8.45. The van der Waals surface area contributed by atoms with Crippen LogP contribution >= 0.6 is 0 Å². The van der Waals surface area contributed by atoms with E-state index in [1.165, 1.54) is 4.90 Å². The van der Waals surface area contributed by atoms with Gasteiger partial charge in [0.05, 0.1) is 6.61 Å². The van der Waals surface area contributed by atoms with Crippen molar-refractivity contribution in [2.45, 2.75) is 19.4 Å². The third kappa shape index (κ3) is 4.86. The van der Waals surface area contributed by atoms with E-state index in [2.05, 4.69) is 4.98 Å². The zero-order valence-corrected chi connectivity index (χ0v) is 14.0. The van der Waals surface area contributed by atoms with Gasteiger partial charge in [0.25, 0.3) is 5.88 Å². The Hall–Kier alpha value is -2.76. The highest BCUT2D eigenvalue weighted by atomic mass is 16.5. The number of carbonyl (C=O) groups is 1. The molecule has 1 aromatic heterocycles. The first kappa shape index (κ1) is 17.1. The molecule has 0 aliphatic carbocycles. The molecule has 25 heavy (non-hydrogen) atoms. The number of ether oxygens (including phenoxy) is 2. The minimum Gasteiger partial charge on any atom is -0.488 e. The maximum atomic E-state index is 11.1. The van der Waals surface area contributed by atoms with Gasteiger partial charge in [-0.05, 0) is 30.5 Å². The summed E-state index contributed by atoms with van der Waals surface area (Å²) in [7, 11) is 0. The molecule has 1 aliphatic rings. The number of pyridine rings is 1. The van der Waals surface area contributed by atoms with Crippen molar-refractivity contribution in [2.24, 2.45) is 5.92 Å². The summed E-state index contributed by atoms with van der Waals surface area (Å²) in [5.41, 5.74) is 1.06. The van der Waals surface area contributed by atoms with Crippen molar-refractivity contribution in [3.8, 4) is 11.6 Å². The van der Waals surface area contributed by atoms with Gasteiger partial charge < -0.3 is 19.5 Å². The molecule has 0 spiro atoms. The fourth-order valence-electron chi connectivity index (χ4n) is 2.90. The Morgan fingerprint density at radius 2 is 2.04 bits per heavy atom. The van der Waals surface area contributed by atoms with E-state index in [9.17, 15) is 4.79 Å². The van der Waals surface area contributed by atoms with E-state index in [0.29, 0.717) is 37.9 Å². The monoisotopic (exact) mass is 342 g/mol. The molecule has 1 amide bonds. The molecular formula is C19H22N2O4. The van der Waals surface area contributed by atoms with Crippen LogP contribution in [-0.4, -0.2) is 40.8 Å². The summed E-state index contributed by atoms with van der Waals surface area (Å²) in [6.07, 6.45) is 2.63. The Morgan fingerprint density at radius 3 is 2.84 bits per heavy atom. The molecule has 0 radical (unpaired) electrons. The summed E-state index contributed by atoms with van der Waals surface area (Å²) in [6, 6.07) is 13.5. The van der Waals surface area contributed by atoms with Crippen molar-refractivity contribution in [3.63, 3.8) is 0 Å². The predicted molar refractivity (Wildman–Crippen MR) is 92.8 cm³/mol. The Kier molecular flexibility index (Phi) is 5.72. The van der Waals surface area contributed by atoms with Crippen LogP contribution in [0.4, 0.5) is 4.79 Å². The zero-order valence-electron chi connectivity index (χ0n) is 14.0. The average Bonchev–Trinajstić information content (AvgIpc) is 2.66. The van der Waals surface area contributed by atoms with E-state index >= 15 is 0 Å².